The first-order valence-electron chi connectivity index (χ1n) is 32.3. The molecule has 0 aromatic carbocycles. The molecule has 0 spiro atoms. The number of allylic oxidation sites excluding steroid dienone is 10. The van der Waals surface area contributed by atoms with E-state index in [0.29, 0.717) is 19.3 Å². The average molecular weight is 1040 g/mol. The lowest BCUT2D eigenvalue weighted by atomic mass is 10.0. The molecule has 0 saturated carbocycles. The molecule has 0 radical (unpaired) electrons. The molecule has 0 aliphatic heterocycles. The molecule has 6 heteroatoms. The predicted octanol–water partition coefficient (Wildman–Crippen LogP) is 21.9. The molecule has 430 valence electrons. The van der Waals surface area contributed by atoms with Gasteiger partial charge in [0.15, 0.2) is 6.10 Å². The van der Waals surface area contributed by atoms with Crippen LogP contribution in [-0.2, 0) is 28.6 Å². The lowest BCUT2D eigenvalue weighted by molar-refractivity contribution is -0.167. The van der Waals surface area contributed by atoms with E-state index >= 15 is 0 Å². The Hall–Kier alpha value is -2.89. The van der Waals surface area contributed by atoms with E-state index in [0.717, 1.165) is 103 Å². The number of ether oxygens (including phenoxy) is 3. The number of carbonyl (C=O) groups is 3. The Morgan fingerprint density at radius 2 is 0.527 bits per heavy atom. The number of carbonyl (C=O) groups excluding carboxylic acids is 3. The highest BCUT2D eigenvalue weighted by Crippen LogP contribution is 2.17. The zero-order chi connectivity index (χ0) is 53.6. The molecular formula is C68H122O6. The van der Waals surface area contributed by atoms with Crippen LogP contribution in [0.25, 0.3) is 0 Å². The minimum Gasteiger partial charge on any atom is -0.462 e. The van der Waals surface area contributed by atoms with E-state index in [-0.39, 0.29) is 31.1 Å². The average Bonchev–Trinajstić information content (AvgIpc) is 3.40. The summed E-state index contributed by atoms with van der Waals surface area (Å²) in [7, 11) is 0. The smallest absolute Gasteiger partial charge is 0.306 e. The second-order valence-electron chi connectivity index (χ2n) is 21.6. The van der Waals surface area contributed by atoms with Crippen molar-refractivity contribution in [1.29, 1.82) is 0 Å². The van der Waals surface area contributed by atoms with Gasteiger partial charge in [-0.2, -0.15) is 0 Å². The van der Waals surface area contributed by atoms with E-state index in [1.165, 1.54) is 193 Å². The monoisotopic (exact) mass is 1030 g/mol. The van der Waals surface area contributed by atoms with Crippen molar-refractivity contribution in [2.45, 2.75) is 341 Å². The summed E-state index contributed by atoms with van der Waals surface area (Å²) in [6, 6.07) is 0. The van der Waals surface area contributed by atoms with E-state index in [4.69, 9.17) is 14.2 Å². The SMILES string of the molecule is CC/C=C\C/C=C\C/C=C\C/C=C\CCCCCCC(=O)OC(COC(=O)CCCCCCC/C=C\CCCCCCC)COC(=O)CCCCCCCCCCCCCCCCCCCCCCCCCCC. The van der Waals surface area contributed by atoms with Crippen LogP contribution in [0.5, 0.6) is 0 Å². The van der Waals surface area contributed by atoms with Crippen molar-refractivity contribution in [3.8, 4) is 0 Å². The van der Waals surface area contributed by atoms with Crippen molar-refractivity contribution in [1.82, 2.24) is 0 Å². The molecule has 0 aromatic rings. The Bertz CT molecular complexity index is 1330. The highest BCUT2D eigenvalue weighted by atomic mass is 16.6. The molecule has 0 fully saturated rings. The van der Waals surface area contributed by atoms with E-state index in [2.05, 4.69) is 81.5 Å². The molecule has 0 aromatic heterocycles. The van der Waals surface area contributed by atoms with Crippen LogP contribution in [0.3, 0.4) is 0 Å². The summed E-state index contributed by atoms with van der Waals surface area (Å²) in [4.78, 5) is 38.3. The van der Waals surface area contributed by atoms with Crippen molar-refractivity contribution >= 4 is 17.9 Å². The molecule has 0 aliphatic carbocycles. The summed E-state index contributed by atoms with van der Waals surface area (Å²) >= 11 is 0. The molecule has 0 aliphatic rings. The lowest BCUT2D eigenvalue weighted by Gasteiger charge is -2.18. The van der Waals surface area contributed by atoms with E-state index in [9.17, 15) is 14.4 Å². The summed E-state index contributed by atoms with van der Waals surface area (Å²) in [5.41, 5.74) is 0. The fourth-order valence-corrected chi connectivity index (χ4v) is 9.43. The van der Waals surface area contributed by atoms with Gasteiger partial charge < -0.3 is 14.2 Å². The predicted molar refractivity (Wildman–Crippen MR) is 321 cm³/mol. The molecule has 0 amide bonds. The van der Waals surface area contributed by atoms with Gasteiger partial charge in [0.05, 0.1) is 0 Å². The number of hydrogen-bond acceptors (Lipinski definition) is 6. The van der Waals surface area contributed by atoms with E-state index in [1.54, 1.807) is 0 Å². The normalized spacial score (nSPS) is 12.4. The van der Waals surface area contributed by atoms with Gasteiger partial charge in [0.1, 0.15) is 13.2 Å². The first-order chi connectivity index (χ1) is 36.5. The highest BCUT2D eigenvalue weighted by Gasteiger charge is 2.19. The molecule has 0 heterocycles. The van der Waals surface area contributed by atoms with Crippen LogP contribution in [0, 0.1) is 0 Å². The zero-order valence-corrected chi connectivity index (χ0v) is 49.4. The fourth-order valence-electron chi connectivity index (χ4n) is 9.43. The van der Waals surface area contributed by atoms with Gasteiger partial charge in [-0.15, -0.1) is 0 Å². The van der Waals surface area contributed by atoms with Crippen molar-refractivity contribution in [2.75, 3.05) is 13.2 Å². The second kappa shape index (κ2) is 62.6. The third-order valence-corrected chi connectivity index (χ3v) is 14.3. The molecule has 0 rings (SSSR count). The van der Waals surface area contributed by atoms with Crippen LogP contribution >= 0.6 is 0 Å². The van der Waals surface area contributed by atoms with Gasteiger partial charge in [0, 0.05) is 19.3 Å². The highest BCUT2D eigenvalue weighted by molar-refractivity contribution is 5.71. The van der Waals surface area contributed by atoms with Crippen LogP contribution in [0.15, 0.2) is 60.8 Å². The number of hydrogen-bond donors (Lipinski definition) is 0. The Labute approximate surface area is 460 Å². The van der Waals surface area contributed by atoms with Gasteiger partial charge in [-0.25, -0.2) is 0 Å². The molecule has 6 nitrogen and oxygen atoms in total. The maximum absolute atomic E-state index is 12.9. The quantitative estimate of drug-likeness (QED) is 0.0261. The second-order valence-corrected chi connectivity index (χ2v) is 21.6. The number of esters is 3. The summed E-state index contributed by atoms with van der Waals surface area (Å²) in [5, 5.41) is 0. The van der Waals surface area contributed by atoms with Crippen LogP contribution in [0.2, 0.25) is 0 Å². The number of unbranched alkanes of at least 4 members (excludes halogenated alkanes) is 38. The third kappa shape index (κ3) is 60.0. The van der Waals surface area contributed by atoms with Crippen LogP contribution in [-0.4, -0.2) is 37.2 Å². The Morgan fingerprint density at radius 3 is 0.838 bits per heavy atom. The van der Waals surface area contributed by atoms with Crippen molar-refractivity contribution in [2.24, 2.45) is 0 Å². The molecule has 0 bridgehead atoms. The summed E-state index contributed by atoms with van der Waals surface area (Å²) < 4.78 is 16.9. The van der Waals surface area contributed by atoms with Crippen LogP contribution in [0.4, 0.5) is 0 Å². The summed E-state index contributed by atoms with van der Waals surface area (Å²) in [6.45, 7) is 6.54. The lowest BCUT2D eigenvalue weighted by Crippen LogP contribution is -2.30. The third-order valence-electron chi connectivity index (χ3n) is 14.3. The Morgan fingerprint density at radius 1 is 0.284 bits per heavy atom. The first kappa shape index (κ1) is 71.1. The molecule has 0 saturated heterocycles. The van der Waals surface area contributed by atoms with Gasteiger partial charge in [-0.1, -0.05) is 293 Å². The molecular weight excluding hydrogens is 913 g/mol. The maximum atomic E-state index is 12.9. The summed E-state index contributed by atoms with van der Waals surface area (Å²) in [5.74, 6) is -0.899. The van der Waals surface area contributed by atoms with Gasteiger partial charge in [-0.3, -0.25) is 14.4 Å². The van der Waals surface area contributed by atoms with Crippen LogP contribution in [0.1, 0.15) is 335 Å². The standard InChI is InChI=1S/C68H122O6/c1-4-7-10-13-16-19-22-25-28-30-31-32-33-34-35-36-37-39-40-43-46-49-52-55-58-61-67(70)73-64-65(63-72-66(69)60-57-54-51-48-45-42-27-24-21-18-15-12-9-6-3)74-68(71)62-59-56-53-50-47-44-41-38-29-26-23-20-17-14-11-8-5-2/h8,11,17,20,24,26-27,29,41,44,65H,4-7,9-10,12-16,18-19,21-23,25,28,30-40,42-43,45-64H2,1-3H3/b11-8-,20-17-,27-24-,29-26-,44-41-. The molecule has 1 unspecified atom stereocenters. The first-order valence-corrected chi connectivity index (χ1v) is 32.3. The van der Waals surface area contributed by atoms with E-state index < -0.39 is 6.10 Å². The van der Waals surface area contributed by atoms with Gasteiger partial charge in [-0.05, 0) is 83.5 Å². The van der Waals surface area contributed by atoms with Gasteiger partial charge in [0.2, 0.25) is 0 Å². The largest absolute Gasteiger partial charge is 0.462 e. The van der Waals surface area contributed by atoms with Crippen molar-refractivity contribution in [3.63, 3.8) is 0 Å². The molecule has 74 heavy (non-hydrogen) atoms. The topological polar surface area (TPSA) is 78.9 Å². The maximum Gasteiger partial charge on any atom is 0.306 e. The van der Waals surface area contributed by atoms with E-state index in [1.807, 2.05) is 0 Å². The number of rotatable bonds is 59. The van der Waals surface area contributed by atoms with Crippen LogP contribution < -0.4 is 0 Å². The Balaban J connectivity index is 4.29. The minimum absolute atomic E-state index is 0.0839. The minimum atomic E-state index is -0.790. The molecule has 1 atom stereocenters. The zero-order valence-electron chi connectivity index (χ0n) is 49.4. The van der Waals surface area contributed by atoms with Gasteiger partial charge in [0.25, 0.3) is 0 Å². The molecule has 0 N–H and O–H groups in total. The summed E-state index contributed by atoms with van der Waals surface area (Å²) in [6.07, 6.45) is 79.5. The van der Waals surface area contributed by atoms with Crippen molar-refractivity contribution in [3.05, 3.63) is 60.8 Å². The van der Waals surface area contributed by atoms with Crippen molar-refractivity contribution < 1.29 is 28.6 Å². The fraction of sp³-hybridized carbons (Fsp3) is 0.809. The van der Waals surface area contributed by atoms with Gasteiger partial charge >= 0.3 is 17.9 Å². The Kier molecular flexibility index (Phi) is 60.2.